The molecule has 0 aliphatic heterocycles. The average Bonchev–Trinajstić information content (AvgIpc) is 2.14. The van der Waals surface area contributed by atoms with Crippen LogP contribution in [0.4, 0.5) is 0 Å². The van der Waals surface area contributed by atoms with Crippen molar-refractivity contribution in [3.8, 4) is 0 Å². The van der Waals surface area contributed by atoms with E-state index < -0.39 is 12.1 Å². The van der Waals surface area contributed by atoms with Crippen molar-refractivity contribution in [3.05, 3.63) is 0 Å². The maximum absolute atomic E-state index is 11.0. The number of carbonyl (C=O) groups is 1. The molecule has 1 N–H and O–H groups in total. The van der Waals surface area contributed by atoms with Crippen LogP contribution in [-0.2, 0) is 9.53 Å². The fourth-order valence-corrected chi connectivity index (χ4v) is 1.58. The van der Waals surface area contributed by atoms with E-state index in [-0.39, 0.29) is 0 Å². The predicted molar refractivity (Wildman–Crippen MR) is 64.6 cm³/mol. The minimum atomic E-state index is -0.878. The first-order chi connectivity index (χ1) is 7.38. The summed E-state index contributed by atoms with van der Waals surface area (Å²) in [7, 11) is 0. The van der Waals surface area contributed by atoms with Crippen LogP contribution in [0.1, 0.15) is 34.6 Å². The van der Waals surface area contributed by atoms with E-state index in [9.17, 15) is 4.79 Å². The average molecular weight is 231 g/mol. The number of carboxylic acids is 1. The molecule has 0 heterocycles. The number of rotatable bonds is 8. The molecule has 0 aromatic heterocycles. The zero-order chi connectivity index (χ0) is 12.7. The first-order valence-corrected chi connectivity index (χ1v) is 5.96. The molecule has 0 spiro atoms. The molecule has 96 valence electrons. The monoisotopic (exact) mass is 231 g/mol. The highest BCUT2D eigenvalue weighted by atomic mass is 16.5. The summed E-state index contributed by atoms with van der Waals surface area (Å²) in [6.07, 6.45) is -0.717. The van der Waals surface area contributed by atoms with Crippen LogP contribution in [0.3, 0.4) is 0 Å². The van der Waals surface area contributed by atoms with E-state index in [0.717, 1.165) is 6.54 Å². The smallest absolute Gasteiger partial charge is 0.334 e. The molecule has 0 radical (unpaired) electrons. The number of hydrogen-bond donors (Lipinski definition) is 1. The van der Waals surface area contributed by atoms with Gasteiger partial charge < -0.3 is 9.84 Å². The van der Waals surface area contributed by atoms with Crippen molar-refractivity contribution in [2.75, 3.05) is 19.7 Å². The summed E-state index contributed by atoms with van der Waals surface area (Å²) in [4.78, 5) is 13.1. The van der Waals surface area contributed by atoms with Gasteiger partial charge in [-0.25, -0.2) is 4.79 Å². The van der Waals surface area contributed by atoms with Gasteiger partial charge in [-0.15, -0.1) is 0 Å². The molecule has 0 aromatic rings. The summed E-state index contributed by atoms with van der Waals surface area (Å²) < 4.78 is 5.22. The SMILES string of the molecule is CCOC(CN(CC(C)C)C(C)C)C(=O)O. The van der Waals surface area contributed by atoms with Gasteiger partial charge in [0.1, 0.15) is 0 Å². The summed E-state index contributed by atoms with van der Waals surface area (Å²) in [5.41, 5.74) is 0. The fourth-order valence-electron chi connectivity index (χ4n) is 1.58. The number of ether oxygens (including phenoxy) is 1. The molecule has 0 aliphatic carbocycles. The number of nitrogens with zero attached hydrogens (tertiary/aromatic N) is 1. The highest BCUT2D eigenvalue weighted by molar-refractivity contribution is 5.72. The molecular formula is C12H25NO3. The Kier molecular flexibility index (Phi) is 7.34. The second kappa shape index (κ2) is 7.63. The molecule has 0 saturated heterocycles. The first kappa shape index (κ1) is 15.4. The third-order valence-electron chi connectivity index (χ3n) is 2.37. The molecule has 0 aliphatic rings. The maximum atomic E-state index is 11.0. The number of carboxylic acid groups (broad SMARTS) is 1. The fraction of sp³-hybridized carbons (Fsp3) is 0.917. The van der Waals surface area contributed by atoms with Crippen LogP contribution in [-0.4, -0.2) is 47.8 Å². The van der Waals surface area contributed by atoms with Gasteiger partial charge in [0.05, 0.1) is 0 Å². The second-order valence-electron chi connectivity index (χ2n) is 4.72. The minimum absolute atomic E-state index is 0.338. The standard InChI is InChI=1S/C12H25NO3/c1-6-16-11(12(14)15)8-13(10(4)5)7-9(2)3/h9-11H,6-8H2,1-5H3,(H,14,15). The molecule has 4 nitrogen and oxygen atoms in total. The van der Waals surface area contributed by atoms with Gasteiger partial charge in [0.25, 0.3) is 0 Å². The molecule has 1 unspecified atom stereocenters. The first-order valence-electron chi connectivity index (χ1n) is 5.96. The maximum Gasteiger partial charge on any atom is 0.334 e. The van der Waals surface area contributed by atoms with Crippen LogP contribution in [0.25, 0.3) is 0 Å². The Morgan fingerprint density at radius 2 is 1.81 bits per heavy atom. The van der Waals surface area contributed by atoms with E-state index in [0.29, 0.717) is 25.1 Å². The number of aliphatic carboxylic acids is 1. The minimum Gasteiger partial charge on any atom is -0.479 e. The molecule has 0 rings (SSSR count). The van der Waals surface area contributed by atoms with Gasteiger partial charge in [0.15, 0.2) is 6.10 Å². The predicted octanol–water partition coefficient (Wildman–Crippen LogP) is 1.84. The molecular weight excluding hydrogens is 206 g/mol. The summed E-state index contributed by atoms with van der Waals surface area (Å²) >= 11 is 0. The molecule has 0 saturated carbocycles. The van der Waals surface area contributed by atoms with Crippen molar-refractivity contribution in [1.29, 1.82) is 0 Å². The molecule has 16 heavy (non-hydrogen) atoms. The molecule has 0 aromatic carbocycles. The lowest BCUT2D eigenvalue weighted by Crippen LogP contribution is -2.43. The van der Waals surface area contributed by atoms with Crippen LogP contribution in [0.5, 0.6) is 0 Å². The van der Waals surface area contributed by atoms with Crippen LogP contribution in [0.2, 0.25) is 0 Å². The Balaban J connectivity index is 4.38. The van der Waals surface area contributed by atoms with Gasteiger partial charge >= 0.3 is 5.97 Å². The van der Waals surface area contributed by atoms with Gasteiger partial charge in [-0.05, 0) is 26.7 Å². The highest BCUT2D eigenvalue weighted by Crippen LogP contribution is 2.07. The summed E-state index contributed by atoms with van der Waals surface area (Å²) in [5.74, 6) is -0.352. The van der Waals surface area contributed by atoms with Crippen molar-refractivity contribution >= 4 is 5.97 Å². The van der Waals surface area contributed by atoms with E-state index >= 15 is 0 Å². The van der Waals surface area contributed by atoms with E-state index in [2.05, 4.69) is 32.6 Å². The van der Waals surface area contributed by atoms with Gasteiger partial charge in [-0.3, -0.25) is 4.90 Å². The van der Waals surface area contributed by atoms with E-state index in [1.807, 2.05) is 6.92 Å². The lowest BCUT2D eigenvalue weighted by atomic mass is 10.1. The Morgan fingerprint density at radius 3 is 2.12 bits per heavy atom. The molecule has 0 fully saturated rings. The van der Waals surface area contributed by atoms with E-state index in [4.69, 9.17) is 9.84 Å². The topological polar surface area (TPSA) is 49.8 Å². The van der Waals surface area contributed by atoms with Crippen LogP contribution in [0, 0.1) is 5.92 Å². The van der Waals surface area contributed by atoms with Crippen molar-refractivity contribution in [2.45, 2.75) is 46.8 Å². The van der Waals surface area contributed by atoms with Crippen molar-refractivity contribution in [1.82, 2.24) is 4.90 Å². The Labute approximate surface area is 98.6 Å². The van der Waals surface area contributed by atoms with Crippen LogP contribution >= 0.6 is 0 Å². The zero-order valence-electron chi connectivity index (χ0n) is 11.1. The Morgan fingerprint density at radius 1 is 1.25 bits per heavy atom. The summed E-state index contributed by atoms with van der Waals surface area (Å²) in [6.45, 7) is 12.0. The molecule has 0 bridgehead atoms. The lowest BCUT2D eigenvalue weighted by Gasteiger charge is -2.30. The van der Waals surface area contributed by atoms with E-state index in [1.165, 1.54) is 0 Å². The van der Waals surface area contributed by atoms with Crippen molar-refractivity contribution in [3.63, 3.8) is 0 Å². The Hall–Kier alpha value is -0.610. The normalized spacial score (nSPS) is 13.8. The van der Waals surface area contributed by atoms with E-state index in [1.54, 1.807) is 0 Å². The van der Waals surface area contributed by atoms with Crippen LogP contribution in [0.15, 0.2) is 0 Å². The summed E-state index contributed by atoms with van der Waals surface area (Å²) in [5, 5.41) is 9.02. The molecule has 4 heteroatoms. The number of hydrogen-bond acceptors (Lipinski definition) is 3. The lowest BCUT2D eigenvalue weighted by molar-refractivity contribution is -0.151. The highest BCUT2D eigenvalue weighted by Gasteiger charge is 2.23. The molecule has 1 atom stereocenters. The van der Waals surface area contributed by atoms with Gasteiger partial charge in [0.2, 0.25) is 0 Å². The second-order valence-corrected chi connectivity index (χ2v) is 4.72. The van der Waals surface area contributed by atoms with Gasteiger partial charge in [-0.1, -0.05) is 13.8 Å². The van der Waals surface area contributed by atoms with Gasteiger partial charge in [0, 0.05) is 25.7 Å². The molecule has 0 amide bonds. The largest absolute Gasteiger partial charge is 0.479 e. The third kappa shape index (κ3) is 6.08. The van der Waals surface area contributed by atoms with Gasteiger partial charge in [-0.2, -0.15) is 0 Å². The van der Waals surface area contributed by atoms with Crippen molar-refractivity contribution in [2.24, 2.45) is 5.92 Å². The zero-order valence-corrected chi connectivity index (χ0v) is 11.1. The third-order valence-corrected chi connectivity index (χ3v) is 2.37. The Bertz CT molecular complexity index is 204. The van der Waals surface area contributed by atoms with Crippen LogP contribution < -0.4 is 0 Å². The van der Waals surface area contributed by atoms with Crippen molar-refractivity contribution < 1.29 is 14.6 Å². The summed E-state index contributed by atoms with van der Waals surface area (Å²) in [6, 6.07) is 0.338. The quantitative estimate of drug-likeness (QED) is 0.692.